The molecule has 2 aromatic rings. The molecule has 1 fully saturated rings. The third-order valence-electron chi connectivity index (χ3n) is 5.96. The molecule has 1 aliphatic rings. The van der Waals surface area contributed by atoms with Crippen molar-refractivity contribution in [2.45, 2.75) is 38.7 Å². The van der Waals surface area contributed by atoms with Crippen LogP contribution < -0.4 is 14.8 Å². The molecular formula is C26H34N2O6. The molecule has 0 aliphatic heterocycles. The van der Waals surface area contributed by atoms with Crippen molar-refractivity contribution in [2.75, 3.05) is 38.7 Å². The van der Waals surface area contributed by atoms with E-state index in [4.69, 9.17) is 14.2 Å². The fourth-order valence-corrected chi connectivity index (χ4v) is 3.83. The van der Waals surface area contributed by atoms with E-state index in [0.29, 0.717) is 55.8 Å². The van der Waals surface area contributed by atoms with Crippen LogP contribution >= 0.6 is 0 Å². The van der Waals surface area contributed by atoms with Crippen LogP contribution in [0.3, 0.4) is 0 Å². The Labute approximate surface area is 200 Å². The van der Waals surface area contributed by atoms with Gasteiger partial charge in [0, 0.05) is 19.6 Å². The molecule has 34 heavy (non-hydrogen) atoms. The highest BCUT2D eigenvalue weighted by molar-refractivity contribution is 5.91. The van der Waals surface area contributed by atoms with Crippen molar-refractivity contribution < 1.29 is 28.9 Å². The molecule has 0 radical (unpaired) electrons. The number of benzene rings is 2. The Kier molecular flexibility index (Phi) is 9.58. The topological polar surface area (TPSA) is 97.3 Å². The fourth-order valence-electron chi connectivity index (χ4n) is 3.83. The first kappa shape index (κ1) is 25.4. The van der Waals surface area contributed by atoms with Crippen LogP contribution in [0.2, 0.25) is 0 Å². The summed E-state index contributed by atoms with van der Waals surface area (Å²) in [7, 11) is 1.58. The molecule has 8 nitrogen and oxygen atoms in total. The van der Waals surface area contributed by atoms with Gasteiger partial charge in [-0.3, -0.25) is 0 Å². The number of para-hydroxylation sites is 2. The van der Waals surface area contributed by atoms with E-state index >= 15 is 0 Å². The molecule has 0 spiro atoms. The lowest BCUT2D eigenvalue weighted by atomic mass is 9.85. The number of rotatable bonds is 13. The summed E-state index contributed by atoms with van der Waals surface area (Å²) < 4.78 is 16.5. The summed E-state index contributed by atoms with van der Waals surface area (Å²) in [6, 6.07) is 14.5. The molecule has 8 heteroatoms. The third-order valence-corrected chi connectivity index (χ3v) is 5.96. The van der Waals surface area contributed by atoms with Crippen molar-refractivity contribution in [1.29, 1.82) is 0 Å². The number of carboxylic acids is 1. The normalized spacial score (nSPS) is 14.1. The average Bonchev–Trinajstić information content (AvgIpc) is 2.81. The number of nitrogens with zero attached hydrogens (tertiary/aromatic N) is 1. The number of carboxylic acid groups (broad SMARTS) is 1. The summed E-state index contributed by atoms with van der Waals surface area (Å²) >= 11 is 0. The lowest BCUT2D eigenvalue weighted by Crippen LogP contribution is -2.42. The van der Waals surface area contributed by atoms with E-state index in [1.165, 1.54) is 6.42 Å². The summed E-state index contributed by atoms with van der Waals surface area (Å²) in [4.78, 5) is 26.1. The highest BCUT2D eigenvalue weighted by Gasteiger charge is 2.24. The van der Waals surface area contributed by atoms with Gasteiger partial charge >= 0.3 is 12.0 Å². The third kappa shape index (κ3) is 7.38. The SMILES string of the molecule is CCOC(Cc1ccc(OCCN(CC2CCC2)C(=O)Nc2ccccc2OC)cc1)C(=O)O. The summed E-state index contributed by atoms with van der Waals surface area (Å²) in [6.07, 6.45) is 2.92. The molecule has 0 heterocycles. The number of carbonyl (C=O) groups is 2. The van der Waals surface area contributed by atoms with Crippen molar-refractivity contribution in [2.24, 2.45) is 5.92 Å². The molecule has 2 N–H and O–H groups in total. The molecule has 1 unspecified atom stereocenters. The number of urea groups is 1. The van der Waals surface area contributed by atoms with E-state index in [1.54, 1.807) is 18.9 Å². The quantitative estimate of drug-likeness (QED) is 0.449. The Morgan fingerprint density at radius 2 is 1.88 bits per heavy atom. The lowest BCUT2D eigenvalue weighted by Gasteiger charge is -2.32. The summed E-state index contributed by atoms with van der Waals surface area (Å²) in [5, 5.41) is 12.2. The molecule has 3 rings (SSSR count). The predicted octanol–water partition coefficient (Wildman–Crippen LogP) is 4.44. The van der Waals surface area contributed by atoms with E-state index < -0.39 is 12.1 Å². The van der Waals surface area contributed by atoms with E-state index in [0.717, 1.165) is 18.4 Å². The zero-order chi connectivity index (χ0) is 24.3. The second-order valence-electron chi connectivity index (χ2n) is 8.35. The number of carbonyl (C=O) groups excluding carboxylic acids is 1. The number of nitrogens with one attached hydrogen (secondary N) is 1. The van der Waals surface area contributed by atoms with Gasteiger partial charge in [-0.05, 0) is 55.5 Å². The number of amides is 2. The predicted molar refractivity (Wildman–Crippen MR) is 130 cm³/mol. The van der Waals surface area contributed by atoms with E-state index in [-0.39, 0.29) is 6.03 Å². The molecule has 184 valence electrons. The molecule has 0 aromatic heterocycles. The van der Waals surface area contributed by atoms with Crippen LogP contribution in [0.25, 0.3) is 0 Å². The van der Waals surface area contributed by atoms with Crippen molar-refractivity contribution in [3.63, 3.8) is 0 Å². The van der Waals surface area contributed by atoms with Crippen LogP contribution in [0.5, 0.6) is 11.5 Å². The second-order valence-corrected chi connectivity index (χ2v) is 8.35. The van der Waals surface area contributed by atoms with Gasteiger partial charge < -0.3 is 29.5 Å². The molecular weight excluding hydrogens is 436 g/mol. The first-order valence-corrected chi connectivity index (χ1v) is 11.7. The number of methoxy groups -OCH3 is 1. The maximum atomic E-state index is 13.0. The number of ether oxygens (including phenoxy) is 3. The van der Waals surface area contributed by atoms with Gasteiger partial charge in [0.1, 0.15) is 18.1 Å². The smallest absolute Gasteiger partial charge is 0.333 e. The number of hydrogen-bond acceptors (Lipinski definition) is 5. The van der Waals surface area contributed by atoms with Gasteiger partial charge in [-0.1, -0.05) is 30.7 Å². The van der Waals surface area contributed by atoms with Gasteiger partial charge in [0.2, 0.25) is 0 Å². The average molecular weight is 471 g/mol. The van der Waals surface area contributed by atoms with Crippen LogP contribution in [0.15, 0.2) is 48.5 Å². The maximum absolute atomic E-state index is 13.0. The van der Waals surface area contributed by atoms with Gasteiger partial charge in [0.05, 0.1) is 19.3 Å². The Morgan fingerprint density at radius 3 is 2.50 bits per heavy atom. The Balaban J connectivity index is 1.54. The van der Waals surface area contributed by atoms with Gasteiger partial charge in [-0.15, -0.1) is 0 Å². The fraction of sp³-hybridized carbons (Fsp3) is 0.462. The van der Waals surface area contributed by atoms with Crippen LogP contribution in [-0.2, 0) is 16.0 Å². The van der Waals surface area contributed by atoms with Crippen molar-refractivity contribution in [3.05, 3.63) is 54.1 Å². The van der Waals surface area contributed by atoms with E-state index in [2.05, 4.69) is 5.32 Å². The molecule has 1 atom stereocenters. The molecule has 1 saturated carbocycles. The van der Waals surface area contributed by atoms with E-state index in [9.17, 15) is 14.7 Å². The first-order valence-electron chi connectivity index (χ1n) is 11.7. The molecule has 1 aliphatic carbocycles. The minimum Gasteiger partial charge on any atom is -0.495 e. The molecule has 0 saturated heterocycles. The zero-order valence-electron chi connectivity index (χ0n) is 19.9. The van der Waals surface area contributed by atoms with Crippen LogP contribution in [0, 0.1) is 5.92 Å². The van der Waals surface area contributed by atoms with Crippen molar-refractivity contribution in [3.8, 4) is 11.5 Å². The van der Waals surface area contributed by atoms with Crippen LogP contribution in [-0.4, -0.2) is 61.5 Å². The van der Waals surface area contributed by atoms with E-state index in [1.807, 2.05) is 48.5 Å². The molecule has 2 aromatic carbocycles. The Hall–Kier alpha value is -3.26. The lowest BCUT2D eigenvalue weighted by molar-refractivity contribution is -0.149. The molecule has 0 bridgehead atoms. The molecule has 2 amide bonds. The van der Waals surface area contributed by atoms with Crippen LogP contribution in [0.1, 0.15) is 31.7 Å². The van der Waals surface area contributed by atoms with Gasteiger partial charge in [-0.2, -0.15) is 0 Å². The van der Waals surface area contributed by atoms with Crippen LogP contribution in [0.4, 0.5) is 10.5 Å². The second kappa shape index (κ2) is 12.8. The monoisotopic (exact) mass is 470 g/mol. The highest BCUT2D eigenvalue weighted by atomic mass is 16.5. The van der Waals surface area contributed by atoms with Gasteiger partial charge in [-0.25, -0.2) is 9.59 Å². The van der Waals surface area contributed by atoms with Gasteiger partial charge in [0.25, 0.3) is 0 Å². The summed E-state index contributed by atoms with van der Waals surface area (Å²) in [5.74, 6) is 0.835. The minimum absolute atomic E-state index is 0.175. The number of aliphatic carboxylic acids is 1. The Morgan fingerprint density at radius 1 is 1.15 bits per heavy atom. The standard InChI is InChI=1S/C26H34N2O6/c1-3-33-24(25(29)30)17-19-11-13-21(14-12-19)34-16-15-28(18-20-7-6-8-20)26(31)27-22-9-4-5-10-23(22)32-2/h4-5,9-14,20,24H,3,6-8,15-18H2,1-2H3,(H,27,31)(H,29,30). The number of anilines is 1. The largest absolute Gasteiger partial charge is 0.495 e. The highest BCUT2D eigenvalue weighted by Crippen LogP contribution is 2.28. The zero-order valence-corrected chi connectivity index (χ0v) is 19.9. The number of hydrogen-bond donors (Lipinski definition) is 2. The van der Waals surface area contributed by atoms with Gasteiger partial charge in [0.15, 0.2) is 6.10 Å². The van der Waals surface area contributed by atoms with Crippen molar-refractivity contribution in [1.82, 2.24) is 4.90 Å². The summed E-state index contributed by atoms with van der Waals surface area (Å²) in [5.41, 5.74) is 1.49. The minimum atomic E-state index is -0.972. The van der Waals surface area contributed by atoms with Crippen molar-refractivity contribution >= 4 is 17.7 Å². The maximum Gasteiger partial charge on any atom is 0.333 e. The summed E-state index contributed by atoms with van der Waals surface area (Å²) in [6.45, 7) is 3.61. The Bertz CT molecular complexity index is 929. The first-order chi connectivity index (χ1) is 16.5.